The van der Waals surface area contributed by atoms with Gasteiger partial charge in [0, 0.05) is 12.0 Å². The van der Waals surface area contributed by atoms with Crippen molar-refractivity contribution in [1.82, 2.24) is 0 Å². The maximum absolute atomic E-state index is 12.3. The number of benzene rings is 1. The van der Waals surface area contributed by atoms with Gasteiger partial charge in [-0.2, -0.15) is 0 Å². The van der Waals surface area contributed by atoms with E-state index in [1.165, 1.54) is 51.4 Å². The monoisotopic (exact) mass is 562 g/mol. The van der Waals surface area contributed by atoms with Gasteiger partial charge in [0.2, 0.25) is 0 Å². The maximum atomic E-state index is 12.3. The van der Waals surface area contributed by atoms with Gasteiger partial charge in [-0.1, -0.05) is 72.6 Å². The van der Waals surface area contributed by atoms with E-state index in [9.17, 15) is 9.90 Å². The minimum atomic E-state index is -0.907. The van der Waals surface area contributed by atoms with E-state index in [4.69, 9.17) is 19.3 Å². The average Bonchev–Trinajstić information content (AvgIpc) is 2.89. The highest BCUT2D eigenvalue weighted by molar-refractivity contribution is 5.68. The number of aliphatic hydroxyl groups excluding tert-OH is 2. The molecule has 2 N–H and O–H groups in total. The van der Waals surface area contributed by atoms with Gasteiger partial charge in [-0.05, 0) is 87.8 Å². The summed E-state index contributed by atoms with van der Waals surface area (Å²) in [6, 6.07) is 0. The Hall–Kier alpha value is -1.79. The zero-order valence-corrected chi connectivity index (χ0v) is 26.7. The van der Waals surface area contributed by atoms with Crippen molar-refractivity contribution in [1.29, 1.82) is 0 Å². The lowest BCUT2D eigenvalue weighted by molar-refractivity contribution is 0.0488. The first kappa shape index (κ1) is 34.4. The zero-order valence-electron chi connectivity index (χ0n) is 26.7. The van der Waals surface area contributed by atoms with E-state index < -0.39 is 12.3 Å². The Morgan fingerprint density at radius 2 is 1.50 bits per heavy atom. The van der Waals surface area contributed by atoms with Crippen molar-refractivity contribution in [2.75, 3.05) is 13.2 Å². The number of aliphatic hydroxyl groups is 2. The van der Waals surface area contributed by atoms with E-state index >= 15 is 0 Å². The van der Waals surface area contributed by atoms with Crippen LogP contribution in [0.25, 0.3) is 0 Å². The molecule has 1 heterocycles. The Morgan fingerprint density at radius 3 is 2.10 bits per heavy atom. The molecule has 230 valence electrons. The molecular formula is C34H58O6. The van der Waals surface area contributed by atoms with Crippen molar-refractivity contribution in [3.63, 3.8) is 0 Å². The number of ether oxygens (including phenoxy) is 3. The summed E-state index contributed by atoms with van der Waals surface area (Å²) in [5.74, 6) is 3.88. The molecule has 2 rings (SSSR count). The first-order valence-corrected chi connectivity index (χ1v) is 15.8. The topological polar surface area (TPSA) is 85.2 Å². The maximum Gasteiger partial charge on any atom is 0.513 e. The summed E-state index contributed by atoms with van der Waals surface area (Å²) in [6.45, 7) is 17.3. The molecule has 4 atom stereocenters. The molecule has 6 nitrogen and oxygen atoms in total. The molecule has 1 aromatic carbocycles. The summed E-state index contributed by atoms with van der Waals surface area (Å²) in [6.07, 6.45) is 11.9. The quantitative estimate of drug-likeness (QED) is 0.146. The molecule has 0 saturated carbocycles. The van der Waals surface area contributed by atoms with E-state index in [0.29, 0.717) is 5.75 Å². The minimum Gasteiger partial charge on any atom is -0.487 e. The lowest BCUT2D eigenvalue weighted by Crippen LogP contribution is -2.37. The molecule has 0 amide bonds. The van der Waals surface area contributed by atoms with E-state index in [2.05, 4.69) is 34.6 Å². The van der Waals surface area contributed by atoms with E-state index in [1.807, 2.05) is 20.8 Å². The van der Waals surface area contributed by atoms with Crippen LogP contribution in [0.3, 0.4) is 0 Å². The van der Waals surface area contributed by atoms with E-state index in [1.54, 1.807) is 0 Å². The molecule has 1 aliphatic rings. The number of rotatable bonds is 17. The molecule has 0 aromatic heterocycles. The van der Waals surface area contributed by atoms with E-state index in [-0.39, 0.29) is 25.2 Å². The Morgan fingerprint density at radius 1 is 0.900 bits per heavy atom. The molecule has 0 spiro atoms. The second kappa shape index (κ2) is 16.6. The van der Waals surface area contributed by atoms with Crippen LogP contribution in [-0.2, 0) is 11.2 Å². The number of hydrogen-bond acceptors (Lipinski definition) is 6. The minimum absolute atomic E-state index is 0.0137. The smallest absolute Gasteiger partial charge is 0.487 e. The van der Waals surface area contributed by atoms with E-state index in [0.717, 1.165) is 65.0 Å². The van der Waals surface area contributed by atoms with Crippen LogP contribution in [0.1, 0.15) is 128 Å². The highest BCUT2D eigenvalue weighted by Crippen LogP contribution is 2.45. The van der Waals surface area contributed by atoms with Gasteiger partial charge in [-0.3, -0.25) is 0 Å². The van der Waals surface area contributed by atoms with Gasteiger partial charge in [-0.25, -0.2) is 4.79 Å². The molecule has 1 aromatic rings. The van der Waals surface area contributed by atoms with Gasteiger partial charge in [0.1, 0.15) is 17.1 Å². The van der Waals surface area contributed by atoms with Crippen molar-refractivity contribution in [2.45, 2.75) is 144 Å². The summed E-state index contributed by atoms with van der Waals surface area (Å²) in [7, 11) is 0. The second-order valence-electron chi connectivity index (χ2n) is 13.2. The summed E-state index contributed by atoms with van der Waals surface area (Å²) in [5.41, 5.74) is 3.71. The van der Waals surface area contributed by atoms with Gasteiger partial charge >= 0.3 is 6.16 Å². The third kappa shape index (κ3) is 10.9. The standard InChI is InChI=1S/C34H58O6/c1-23(2)12-9-13-24(3)14-10-15-25(4)16-11-19-34(8)20-17-30-28(7)31(26(5)27(6)32(30)40-34)39-33(37)38-21-18-29(36)22-35/h23-25,29,35-36H,9-22H2,1-8H3. The highest BCUT2D eigenvalue weighted by Gasteiger charge is 2.35. The summed E-state index contributed by atoms with van der Waals surface area (Å²) < 4.78 is 17.4. The van der Waals surface area contributed by atoms with Gasteiger partial charge in [0.05, 0.1) is 19.3 Å². The molecule has 0 aliphatic carbocycles. The Labute approximate surface area is 244 Å². The average molecular weight is 563 g/mol. The van der Waals surface area contributed by atoms with Crippen LogP contribution in [0, 0.1) is 38.5 Å². The number of fused-ring (bicyclic) bond motifs is 1. The third-order valence-corrected chi connectivity index (χ3v) is 8.91. The SMILES string of the molecule is Cc1c(C)c2c(c(C)c1OC(=O)OCCC(O)CO)CCC(C)(CCCC(C)CCCC(C)CCCC(C)C)O2. The molecular weight excluding hydrogens is 504 g/mol. The van der Waals surface area contributed by atoms with Crippen LogP contribution in [0.2, 0.25) is 0 Å². The van der Waals surface area contributed by atoms with Gasteiger partial charge < -0.3 is 24.4 Å². The largest absolute Gasteiger partial charge is 0.513 e. The second-order valence-corrected chi connectivity index (χ2v) is 13.2. The normalized spacial score (nSPS) is 19.1. The molecule has 1 aliphatic heterocycles. The first-order chi connectivity index (χ1) is 18.9. The molecule has 4 unspecified atom stereocenters. The van der Waals surface area contributed by atoms with Crippen LogP contribution in [-0.4, -0.2) is 41.3 Å². The fourth-order valence-corrected chi connectivity index (χ4v) is 5.90. The predicted octanol–water partition coefficient (Wildman–Crippen LogP) is 8.39. The fourth-order valence-electron chi connectivity index (χ4n) is 5.90. The van der Waals surface area contributed by atoms with Crippen LogP contribution >= 0.6 is 0 Å². The molecule has 0 radical (unpaired) electrons. The Balaban J connectivity index is 1.86. The lowest BCUT2D eigenvalue weighted by atomic mass is 9.83. The van der Waals surface area contributed by atoms with Crippen molar-refractivity contribution in [3.8, 4) is 11.5 Å². The molecule has 40 heavy (non-hydrogen) atoms. The van der Waals surface area contributed by atoms with Crippen molar-refractivity contribution < 1.29 is 29.2 Å². The first-order valence-electron chi connectivity index (χ1n) is 15.8. The highest BCUT2D eigenvalue weighted by atomic mass is 16.7. The molecule has 0 saturated heterocycles. The molecule has 6 heteroatoms. The van der Waals surface area contributed by atoms with Gasteiger partial charge in [0.25, 0.3) is 0 Å². The number of carbonyl (C=O) groups excluding carboxylic acids is 1. The zero-order chi connectivity index (χ0) is 29.9. The fraction of sp³-hybridized carbons (Fsp3) is 0.794. The lowest BCUT2D eigenvalue weighted by Gasteiger charge is -2.38. The Bertz CT molecular complexity index is 926. The predicted molar refractivity (Wildman–Crippen MR) is 162 cm³/mol. The third-order valence-electron chi connectivity index (χ3n) is 8.91. The van der Waals surface area contributed by atoms with Crippen molar-refractivity contribution in [2.24, 2.45) is 17.8 Å². The van der Waals surface area contributed by atoms with Crippen molar-refractivity contribution in [3.05, 3.63) is 22.3 Å². The summed E-state index contributed by atoms with van der Waals surface area (Å²) in [4.78, 5) is 12.3. The van der Waals surface area contributed by atoms with Crippen molar-refractivity contribution >= 4 is 6.16 Å². The summed E-state index contributed by atoms with van der Waals surface area (Å²) in [5, 5.41) is 18.3. The summed E-state index contributed by atoms with van der Waals surface area (Å²) >= 11 is 0. The van der Waals surface area contributed by atoms with Crippen LogP contribution in [0.5, 0.6) is 11.5 Å². The molecule has 0 fully saturated rings. The van der Waals surface area contributed by atoms with Gasteiger partial charge in [-0.15, -0.1) is 0 Å². The Kier molecular flexibility index (Phi) is 14.3. The van der Waals surface area contributed by atoms with Crippen LogP contribution < -0.4 is 9.47 Å². The van der Waals surface area contributed by atoms with Crippen LogP contribution in [0.15, 0.2) is 0 Å². The number of carbonyl (C=O) groups is 1. The van der Waals surface area contributed by atoms with Crippen LogP contribution in [0.4, 0.5) is 4.79 Å². The number of hydrogen-bond donors (Lipinski definition) is 2. The van der Waals surface area contributed by atoms with Gasteiger partial charge in [0.15, 0.2) is 0 Å². The molecule has 0 bridgehead atoms.